The lowest BCUT2D eigenvalue weighted by Gasteiger charge is -2.13. The number of rotatable bonds is 3. The molecule has 0 atom stereocenters. The van der Waals surface area contributed by atoms with Crippen molar-refractivity contribution in [1.82, 2.24) is 9.13 Å². The molecule has 0 aliphatic carbocycles. The first-order chi connectivity index (χ1) is 9.97. The smallest absolute Gasteiger partial charge is 0.333 e. The van der Waals surface area contributed by atoms with Gasteiger partial charge in [0, 0.05) is 7.05 Å². The number of methoxy groups -OCH3 is 1. The minimum absolute atomic E-state index is 0.0521. The van der Waals surface area contributed by atoms with E-state index in [1.807, 2.05) is 6.07 Å². The van der Waals surface area contributed by atoms with E-state index in [9.17, 15) is 14.0 Å². The second kappa shape index (κ2) is 5.63. The Balaban J connectivity index is 2.63. The van der Waals surface area contributed by atoms with Gasteiger partial charge in [0.05, 0.1) is 31.4 Å². The number of nitriles is 1. The molecule has 0 saturated heterocycles. The fourth-order valence-corrected chi connectivity index (χ4v) is 1.94. The Morgan fingerprint density at radius 2 is 2.05 bits per heavy atom. The molecule has 0 N–H and O–H groups in total. The van der Waals surface area contributed by atoms with Gasteiger partial charge in [0.2, 0.25) is 5.88 Å². The van der Waals surface area contributed by atoms with Crippen LogP contribution >= 0.6 is 0 Å². The average molecular weight is 289 g/mol. The second-order valence-corrected chi connectivity index (χ2v) is 4.37. The highest BCUT2D eigenvalue weighted by atomic mass is 19.1. The van der Waals surface area contributed by atoms with Gasteiger partial charge in [0.1, 0.15) is 5.82 Å². The molecular formula is C14H12FN3O3. The molecule has 1 heterocycles. The van der Waals surface area contributed by atoms with Crippen molar-refractivity contribution in [3.63, 3.8) is 0 Å². The lowest BCUT2D eigenvalue weighted by molar-refractivity contribution is 0.362. The Morgan fingerprint density at radius 3 is 2.67 bits per heavy atom. The van der Waals surface area contributed by atoms with Gasteiger partial charge < -0.3 is 4.74 Å². The van der Waals surface area contributed by atoms with Crippen molar-refractivity contribution in [2.24, 2.45) is 7.05 Å². The van der Waals surface area contributed by atoms with Crippen LogP contribution in [0.5, 0.6) is 5.88 Å². The van der Waals surface area contributed by atoms with E-state index in [1.54, 1.807) is 0 Å². The van der Waals surface area contributed by atoms with Gasteiger partial charge >= 0.3 is 5.69 Å². The van der Waals surface area contributed by atoms with Crippen LogP contribution in [0.4, 0.5) is 4.39 Å². The normalized spacial score (nSPS) is 10.2. The highest BCUT2D eigenvalue weighted by Crippen LogP contribution is 2.14. The van der Waals surface area contributed by atoms with Crippen molar-refractivity contribution in [2.75, 3.05) is 7.11 Å². The van der Waals surface area contributed by atoms with Crippen molar-refractivity contribution in [3.05, 3.63) is 62.0 Å². The molecule has 0 aliphatic heterocycles. The fraction of sp³-hybridized carbons (Fsp3) is 0.214. The van der Waals surface area contributed by atoms with Crippen LogP contribution in [-0.2, 0) is 13.6 Å². The maximum atomic E-state index is 13.3. The van der Waals surface area contributed by atoms with E-state index in [0.717, 1.165) is 15.2 Å². The van der Waals surface area contributed by atoms with Crippen molar-refractivity contribution >= 4 is 0 Å². The molecular weight excluding hydrogens is 277 g/mol. The van der Waals surface area contributed by atoms with E-state index in [0.29, 0.717) is 5.56 Å². The third kappa shape index (κ3) is 2.69. The van der Waals surface area contributed by atoms with Gasteiger partial charge in [-0.2, -0.15) is 5.26 Å². The van der Waals surface area contributed by atoms with E-state index in [-0.39, 0.29) is 18.0 Å². The molecule has 0 spiro atoms. The quantitative estimate of drug-likeness (QED) is 0.829. The molecule has 0 amide bonds. The summed E-state index contributed by atoms with van der Waals surface area (Å²) in [5.74, 6) is -0.461. The van der Waals surface area contributed by atoms with Gasteiger partial charge in [-0.25, -0.2) is 9.18 Å². The lowest BCUT2D eigenvalue weighted by atomic mass is 10.1. The molecule has 1 aromatic heterocycles. The molecule has 6 nitrogen and oxygen atoms in total. The third-order valence-corrected chi connectivity index (χ3v) is 3.09. The second-order valence-electron chi connectivity index (χ2n) is 4.37. The van der Waals surface area contributed by atoms with E-state index in [4.69, 9.17) is 10.00 Å². The van der Waals surface area contributed by atoms with Crippen molar-refractivity contribution in [1.29, 1.82) is 5.26 Å². The number of hydrogen-bond donors (Lipinski definition) is 0. The van der Waals surface area contributed by atoms with Crippen LogP contribution in [-0.4, -0.2) is 16.2 Å². The Kier molecular flexibility index (Phi) is 3.89. The zero-order valence-electron chi connectivity index (χ0n) is 11.5. The van der Waals surface area contributed by atoms with Crippen LogP contribution in [0.1, 0.15) is 11.1 Å². The van der Waals surface area contributed by atoms with Crippen molar-refractivity contribution in [2.45, 2.75) is 6.54 Å². The number of hydrogen-bond acceptors (Lipinski definition) is 4. The van der Waals surface area contributed by atoms with E-state index < -0.39 is 17.1 Å². The van der Waals surface area contributed by atoms with Gasteiger partial charge in [-0.1, -0.05) is 0 Å². The summed E-state index contributed by atoms with van der Waals surface area (Å²) < 4.78 is 20.4. The van der Waals surface area contributed by atoms with Crippen LogP contribution in [0.25, 0.3) is 0 Å². The van der Waals surface area contributed by atoms with Crippen LogP contribution in [0, 0.1) is 17.1 Å². The zero-order valence-corrected chi connectivity index (χ0v) is 11.5. The fourth-order valence-electron chi connectivity index (χ4n) is 1.94. The van der Waals surface area contributed by atoms with Gasteiger partial charge in [0.15, 0.2) is 0 Å². The largest absolute Gasteiger partial charge is 0.482 e. The molecule has 1 aromatic carbocycles. The van der Waals surface area contributed by atoms with Crippen LogP contribution in [0.3, 0.4) is 0 Å². The molecule has 0 aliphatic rings. The lowest BCUT2D eigenvalue weighted by Crippen LogP contribution is -2.38. The van der Waals surface area contributed by atoms with E-state index in [1.165, 1.54) is 32.4 Å². The first-order valence-corrected chi connectivity index (χ1v) is 6.01. The summed E-state index contributed by atoms with van der Waals surface area (Å²) >= 11 is 0. The number of ether oxygens (including phenoxy) is 1. The minimum Gasteiger partial charge on any atom is -0.482 e. The first kappa shape index (κ1) is 14.5. The Bertz CT molecular complexity index is 846. The summed E-state index contributed by atoms with van der Waals surface area (Å²) in [5.41, 5.74) is -0.531. The summed E-state index contributed by atoms with van der Waals surface area (Å²) in [6, 6.07) is 6.78. The topological polar surface area (TPSA) is 77.0 Å². The van der Waals surface area contributed by atoms with Crippen LogP contribution in [0.2, 0.25) is 0 Å². The first-order valence-electron chi connectivity index (χ1n) is 6.01. The number of benzene rings is 1. The Labute approximate surface area is 119 Å². The SMILES string of the molecule is COc1cc(=O)n(C)c(=O)n1Cc1cc(F)ccc1C#N. The van der Waals surface area contributed by atoms with Gasteiger partial charge in [0.25, 0.3) is 5.56 Å². The predicted molar refractivity (Wildman–Crippen MR) is 72.7 cm³/mol. The summed E-state index contributed by atoms with van der Waals surface area (Å²) in [5, 5.41) is 9.04. The highest BCUT2D eigenvalue weighted by Gasteiger charge is 2.12. The molecule has 0 bridgehead atoms. The summed E-state index contributed by atoms with van der Waals surface area (Å²) in [7, 11) is 2.65. The summed E-state index contributed by atoms with van der Waals surface area (Å²) in [6.07, 6.45) is 0. The number of nitrogens with zero attached hydrogens (tertiary/aromatic N) is 3. The zero-order chi connectivity index (χ0) is 15.6. The van der Waals surface area contributed by atoms with Crippen molar-refractivity contribution < 1.29 is 9.13 Å². The van der Waals surface area contributed by atoms with Crippen molar-refractivity contribution in [3.8, 4) is 11.9 Å². The third-order valence-electron chi connectivity index (χ3n) is 3.09. The number of halogens is 1. The van der Waals surface area contributed by atoms with E-state index >= 15 is 0 Å². The highest BCUT2D eigenvalue weighted by molar-refractivity contribution is 5.38. The molecule has 2 aromatic rings. The minimum atomic E-state index is -0.604. The molecule has 108 valence electrons. The number of aromatic nitrogens is 2. The summed E-state index contributed by atoms with van der Waals surface area (Å²) in [6.45, 7) is -0.0726. The van der Waals surface area contributed by atoms with Gasteiger partial charge in [-0.05, 0) is 23.8 Å². The molecule has 0 unspecified atom stereocenters. The Morgan fingerprint density at radius 1 is 1.33 bits per heavy atom. The molecule has 0 saturated carbocycles. The summed E-state index contributed by atoms with van der Waals surface area (Å²) in [4.78, 5) is 23.7. The molecule has 0 radical (unpaired) electrons. The standard InChI is InChI=1S/C14H12FN3O3/c1-17-12(19)6-13(21-2)18(14(17)20)8-10-5-11(15)4-3-9(10)7-16/h3-6H,8H2,1-2H3. The maximum Gasteiger partial charge on any atom is 0.333 e. The predicted octanol–water partition coefficient (Wildman–Crippen LogP) is 0.615. The monoisotopic (exact) mass is 289 g/mol. The Hall–Kier alpha value is -2.88. The molecule has 21 heavy (non-hydrogen) atoms. The van der Waals surface area contributed by atoms with Gasteiger partial charge in [-0.3, -0.25) is 13.9 Å². The van der Waals surface area contributed by atoms with E-state index in [2.05, 4.69) is 0 Å². The average Bonchev–Trinajstić information content (AvgIpc) is 2.47. The molecule has 0 fully saturated rings. The van der Waals surface area contributed by atoms with Gasteiger partial charge in [-0.15, -0.1) is 0 Å². The van der Waals surface area contributed by atoms with Crippen LogP contribution < -0.4 is 16.0 Å². The maximum absolute atomic E-state index is 13.3. The molecule has 7 heteroatoms. The van der Waals surface area contributed by atoms with Crippen LogP contribution in [0.15, 0.2) is 33.9 Å². The molecule has 2 rings (SSSR count).